The second kappa shape index (κ2) is 8.84. The van der Waals surface area contributed by atoms with E-state index in [4.69, 9.17) is 4.42 Å². The molecule has 148 valence electrons. The first-order chi connectivity index (χ1) is 13.4. The monoisotopic (exact) mass is 388 g/mol. The molecule has 1 heterocycles. The van der Waals surface area contributed by atoms with Gasteiger partial charge in [-0.25, -0.2) is 0 Å². The lowest BCUT2D eigenvalue weighted by Gasteiger charge is -2.18. The number of nitrogens with zero attached hydrogens (tertiary/aromatic N) is 1. The highest BCUT2D eigenvalue weighted by Gasteiger charge is 2.15. The average molecular weight is 388 g/mol. The lowest BCUT2D eigenvalue weighted by Crippen LogP contribution is -2.36. The van der Waals surface area contributed by atoms with Crippen molar-refractivity contribution in [2.45, 2.75) is 26.1 Å². The number of para-hydroxylation sites is 1. The molecular formula is C21H22F2N2O3. The van der Waals surface area contributed by atoms with Crippen molar-refractivity contribution in [2.24, 2.45) is 0 Å². The van der Waals surface area contributed by atoms with Crippen LogP contribution in [0.3, 0.4) is 0 Å². The highest BCUT2D eigenvalue weighted by Crippen LogP contribution is 2.23. The summed E-state index contributed by atoms with van der Waals surface area (Å²) in [6.45, 7) is -0.274. The van der Waals surface area contributed by atoms with Crippen LogP contribution >= 0.6 is 0 Å². The minimum absolute atomic E-state index is 0.110. The van der Waals surface area contributed by atoms with E-state index in [9.17, 15) is 13.6 Å². The fraction of sp³-hybridized carbons (Fsp3) is 0.286. The van der Waals surface area contributed by atoms with Gasteiger partial charge in [0.2, 0.25) is 5.91 Å². The average Bonchev–Trinajstić information content (AvgIpc) is 3.07. The van der Waals surface area contributed by atoms with E-state index in [-0.39, 0.29) is 24.2 Å². The first-order valence-corrected chi connectivity index (χ1v) is 8.91. The Kier molecular flexibility index (Phi) is 6.26. The van der Waals surface area contributed by atoms with Crippen molar-refractivity contribution in [1.82, 2.24) is 10.2 Å². The summed E-state index contributed by atoms with van der Waals surface area (Å²) in [5.41, 5.74) is 1.68. The van der Waals surface area contributed by atoms with E-state index in [1.54, 1.807) is 12.1 Å². The Balaban J connectivity index is 1.50. The number of hydrogen-bond donors (Lipinski definition) is 1. The van der Waals surface area contributed by atoms with Crippen LogP contribution in [0.1, 0.15) is 24.3 Å². The third-order valence-electron chi connectivity index (χ3n) is 4.26. The van der Waals surface area contributed by atoms with Gasteiger partial charge in [-0.15, -0.1) is 0 Å². The molecule has 0 radical (unpaired) electrons. The van der Waals surface area contributed by atoms with Crippen molar-refractivity contribution < 1.29 is 22.7 Å². The van der Waals surface area contributed by atoms with E-state index in [1.807, 2.05) is 49.2 Å². The molecule has 0 fully saturated rings. The van der Waals surface area contributed by atoms with Crippen molar-refractivity contribution >= 4 is 16.9 Å². The van der Waals surface area contributed by atoms with Gasteiger partial charge in [0.25, 0.3) is 0 Å². The highest BCUT2D eigenvalue weighted by molar-refractivity contribution is 5.80. The van der Waals surface area contributed by atoms with Crippen molar-refractivity contribution in [3.05, 3.63) is 65.9 Å². The smallest absolute Gasteiger partial charge is 0.387 e. The number of likely N-dealkylation sites (N-methyl/N-ethyl adjacent to an activating group) is 1. The number of amides is 1. The molecule has 0 aliphatic carbocycles. The molecule has 1 aromatic heterocycles. The standard InChI is InChI=1S/C21H22F2N2O3/c1-14(19-11-16-5-3-4-6-18(16)28-19)24-20(26)13-25(2)12-15-7-9-17(10-8-15)27-21(22)23/h3-11,14,21H,12-13H2,1-2H3,(H,24,26)/t14-/m1/s1. The Bertz CT molecular complexity index is 892. The third kappa shape index (κ3) is 5.29. The van der Waals surface area contributed by atoms with Crippen LogP contribution in [0.5, 0.6) is 5.75 Å². The van der Waals surface area contributed by atoms with E-state index < -0.39 is 6.61 Å². The zero-order chi connectivity index (χ0) is 20.1. The largest absolute Gasteiger partial charge is 0.459 e. The molecule has 0 unspecified atom stereocenters. The van der Waals surface area contributed by atoms with Crippen molar-refractivity contribution in [3.8, 4) is 5.75 Å². The van der Waals surface area contributed by atoms with Gasteiger partial charge in [-0.1, -0.05) is 30.3 Å². The third-order valence-corrected chi connectivity index (χ3v) is 4.26. The van der Waals surface area contributed by atoms with Gasteiger partial charge in [-0.3, -0.25) is 9.69 Å². The number of rotatable bonds is 8. The lowest BCUT2D eigenvalue weighted by molar-refractivity contribution is -0.122. The molecule has 0 bridgehead atoms. The predicted molar refractivity (Wildman–Crippen MR) is 102 cm³/mol. The van der Waals surface area contributed by atoms with Crippen LogP contribution in [0.2, 0.25) is 0 Å². The van der Waals surface area contributed by atoms with Gasteiger partial charge >= 0.3 is 6.61 Å². The quantitative estimate of drug-likeness (QED) is 0.624. The molecule has 1 amide bonds. The zero-order valence-electron chi connectivity index (χ0n) is 15.7. The molecule has 3 aromatic rings. The van der Waals surface area contributed by atoms with Gasteiger partial charge in [0.05, 0.1) is 12.6 Å². The van der Waals surface area contributed by atoms with Gasteiger partial charge in [-0.05, 0) is 43.8 Å². The number of carbonyl (C=O) groups excluding carboxylic acids is 1. The summed E-state index contributed by atoms with van der Waals surface area (Å²) in [6, 6.07) is 15.7. The highest BCUT2D eigenvalue weighted by atomic mass is 19.3. The Labute approximate surface area is 161 Å². The molecule has 0 aliphatic rings. The van der Waals surface area contributed by atoms with E-state index in [2.05, 4.69) is 10.1 Å². The minimum Gasteiger partial charge on any atom is -0.459 e. The van der Waals surface area contributed by atoms with Crippen LogP contribution in [0.4, 0.5) is 8.78 Å². The number of benzene rings is 2. The summed E-state index contributed by atoms with van der Waals surface area (Å²) < 4.78 is 34.5. The van der Waals surface area contributed by atoms with Crippen LogP contribution in [0, 0.1) is 0 Å². The van der Waals surface area contributed by atoms with Gasteiger partial charge < -0.3 is 14.5 Å². The summed E-state index contributed by atoms with van der Waals surface area (Å²) in [5, 5.41) is 3.92. The summed E-state index contributed by atoms with van der Waals surface area (Å²) in [4.78, 5) is 14.2. The first kappa shape index (κ1) is 19.8. The molecular weight excluding hydrogens is 366 g/mol. The van der Waals surface area contributed by atoms with Crippen molar-refractivity contribution in [1.29, 1.82) is 0 Å². The van der Waals surface area contributed by atoms with Gasteiger partial charge in [-0.2, -0.15) is 8.78 Å². The molecule has 2 aromatic carbocycles. The van der Waals surface area contributed by atoms with E-state index >= 15 is 0 Å². The maximum Gasteiger partial charge on any atom is 0.387 e. The fourth-order valence-electron chi connectivity index (χ4n) is 2.96. The zero-order valence-corrected chi connectivity index (χ0v) is 15.7. The summed E-state index contributed by atoms with van der Waals surface area (Å²) >= 11 is 0. The predicted octanol–water partition coefficient (Wildman–Crippen LogP) is 4.34. The Morgan fingerprint density at radius 2 is 1.89 bits per heavy atom. The number of nitrogens with one attached hydrogen (secondary N) is 1. The second-order valence-electron chi connectivity index (χ2n) is 6.67. The van der Waals surface area contributed by atoms with Crippen molar-refractivity contribution in [3.63, 3.8) is 0 Å². The van der Waals surface area contributed by atoms with E-state index in [0.29, 0.717) is 12.3 Å². The minimum atomic E-state index is -2.84. The molecule has 3 rings (SSSR count). The topological polar surface area (TPSA) is 54.7 Å². The van der Waals surface area contributed by atoms with Crippen molar-refractivity contribution in [2.75, 3.05) is 13.6 Å². The van der Waals surface area contributed by atoms with Gasteiger partial charge in [0.1, 0.15) is 17.1 Å². The number of alkyl halides is 2. The molecule has 0 saturated heterocycles. The van der Waals surface area contributed by atoms with Gasteiger partial charge in [0, 0.05) is 11.9 Å². The molecule has 1 atom stereocenters. The molecule has 5 nitrogen and oxygen atoms in total. The molecule has 1 N–H and O–H groups in total. The Morgan fingerprint density at radius 1 is 1.18 bits per heavy atom. The summed E-state index contributed by atoms with van der Waals surface area (Å²) in [7, 11) is 1.81. The second-order valence-corrected chi connectivity index (χ2v) is 6.67. The summed E-state index contributed by atoms with van der Waals surface area (Å²) in [5.74, 6) is 0.679. The first-order valence-electron chi connectivity index (χ1n) is 8.91. The number of furan rings is 1. The SMILES string of the molecule is C[C@@H](NC(=O)CN(C)Cc1ccc(OC(F)F)cc1)c1cc2ccccc2o1. The van der Waals surface area contributed by atoms with Crippen LogP contribution < -0.4 is 10.1 Å². The van der Waals surface area contributed by atoms with Crippen LogP contribution in [0.25, 0.3) is 11.0 Å². The Hall–Kier alpha value is -2.93. The number of fused-ring (bicyclic) bond motifs is 1. The molecule has 28 heavy (non-hydrogen) atoms. The number of hydrogen-bond acceptors (Lipinski definition) is 4. The van der Waals surface area contributed by atoms with E-state index in [0.717, 1.165) is 16.5 Å². The normalized spacial score (nSPS) is 12.5. The molecule has 0 aliphatic heterocycles. The fourth-order valence-corrected chi connectivity index (χ4v) is 2.96. The lowest BCUT2D eigenvalue weighted by atomic mass is 10.2. The molecule has 0 spiro atoms. The maximum atomic E-state index is 12.3. The van der Waals surface area contributed by atoms with Crippen LogP contribution in [-0.2, 0) is 11.3 Å². The Morgan fingerprint density at radius 3 is 2.57 bits per heavy atom. The van der Waals surface area contributed by atoms with Gasteiger partial charge in [0.15, 0.2) is 0 Å². The number of carbonyl (C=O) groups is 1. The van der Waals surface area contributed by atoms with E-state index in [1.165, 1.54) is 12.1 Å². The maximum absolute atomic E-state index is 12.3. The van der Waals surface area contributed by atoms with Crippen LogP contribution in [-0.4, -0.2) is 31.0 Å². The number of halogens is 2. The number of ether oxygens (including phenoxy) is 1. The summed E-state index contributed by atoms with van der Waals surface area (Å²) in [6.07, 6.45) is 0. The molecule has 7 heteroatoms. The van der Waals surface area contributed by atoms with Crippen LogP contribution in [0.15, 0.2) is 59.0 Å². The molecule has 0 saturated carbocycles.